The summed E-state index contributed by atoms with van der Waals surface area (Å²) in [6, 6.07) is 6.38. The summed E-state index contributed by atoms with van der Waals surface area (Å²) < 4.78 is 19.2. The third-order valence-electron chi connectivity index (χ3n) is 3.36. The van der Waals surface area contributed by atoms with Crippen molar-refractivity contribution in [2.75, 3.05) is 6.54 Å². The Kier molecular flexibility index (Phi) is 6.13. The Morgan fingerprint density at radius 1 is 1.32 bits per heavy atom. The van der Waals surface area contributed by atoms with E-state index in [1.165, 1.54) is 12.3 Å². The van der Waals surface area contributed by atoms with Gasteiger partial charge in [-0.2, -0.15) is 0 Å². The van der Waals surface area contributed by atoms with Crippen molar-refractivity contribution >= 4 is 5.91 Å². The zero-order valence-corrected chi connectivity index (χ0v) is 12.8. The van der Waals surface area contributed by atoms with Gasteiger partial charge in [0.1, 0.15) is 5.82 Å². The van der Waals surface area contributed by atoms with Crippen LogP contribution in [0.25, 0.3) is 11.3 Å². The molecule has 0 spiro atoms. The molecule has 5 heteroatoms. The Labute approximate surface area is 129 Å². The first-order valence-corrected chi connectivity index (χ1v) is 7.67. The van der Waals surface area contributed by atoms with Gasteiger partial charge in [0, 0.05) is 19.4 Å². The third-order valence-corrected chi connectivity index (χ3v) is 3.36. The summed E-state index contributed by atoms with van der Waals surface area (Å²) in [6.45, 7) is 2.83. The van der Waals surface area contributed by atoms with Crippen molar-refractivity contribution in [2.45, 2.75) is 39.0 Å². The van der Waals surface area contributed by atoms with Crippen molar-refractivity contribution in [1.29, 1.82) is 0 Å². The maximum atomic E-state index is 13.6. The molecule has 1 heterocycles. The highest BCUT2D eigenvalue weighted by Gasteiger charge is 2.11. The Hall–Kier alpha value is -2.17. The van der Waals surface area contributed by atoms with E-state index in [2.05, 4.69) is 17.2 Å². The quantitative estimate of drug-likeness (QED) is 0.756. The molecule has 1 aromatic carbocycles. The maximum Gasteiger partial charge on any atom is 0.220 e. The molecule has 1 amide bonds. The minimum Gasteiger partial charge on any atom is -0.441 e. The number of rotatable bonds is 8. The molecule has 0 aliphatic rings. The summed E-state index contributed by atoms with van der Waals surface area (Å²) in [6.07, 6.45) is 5.47. The van der Waals surface area contributed by atoms with Crippen LogP contribution in [0.2, 0.25) is 0 Å². The molecule has 1 aromatic heterocycles. The molecule has 4 nitrogen and oxygen atoms in total. The monoisotopic (exact) mass is 304 g/mol. The minimum absolute atomic E-state index is 0.0123. The molecule has 0 unspecified atom stereocenters. The average Bonchev–Trinajstić information content (AvgIpc) is 2.99. The van der Waals surface area contributed by atoms with Crippen LogP contribution in [0.5, 0.6) is 0 Å². The fourth-order valence-corrected chi connectivity index (χ4v) is 2.12. The van der Waals surface area contributed by atoms with Gasteiger partial charge in [0.05, 0.1) is 11.8 Å². The predicted octanol–water partition coefficient (Wildman–Crippen LogP) is 3.72. The van der Waals surface area contributed by atoms with Gasteiger partial charge in [-0.15, -0.1) is 0 Å². The van der Waals surface area contributed by atoms with E-state index in [9.17, 15) is 9.18 Å². The Morgan fingerprint density at radius 2 is 2.14 bits per heavy atom. The summed E-state index contributed by atoms with van der Waals surface area (Å²) in [7, 11) is 0. The number of aryl methyl sites for hydroxylation is 1. The van der Waals surface area contributed by atoms with E-state index in [0.717, 1.165) is 19.3 Å². The predicted molar refractivity (Wildman–Crippen MR) is 82.8 cm³/mol. The van der Waals surface area contributed by atoms with Crippen LogP contribution < -0.4 is 5.32 Å². The van der Waals surface area contributed by atoms with Crippen molar-refractivity contribution < 1.29 is 13.6 Å². The molecule has 0 saturated heterocycles. The zero-order valence-electron chi connectivity index (χ0n) is 12.8. The summed E-state index contributed by atoms with van der Waals surface area (Å²) in [4.78, 5) is 15.8. The van der Waals surface area contributed by atoms with Gasteiger partial charge in [-0.1, -0.05) is 31.9 Å². The number of nitrogens with zero attached hydrogens (tertiary/aromatic N) is 1. The minimum atomic E-state index is -0.348. The number of carbonyl (C=O) groups excluding carboxylic acids is 1. The smallest absolute Gasteiger partial charge is 0.220 e. The van der Waals surface area contributed by atoms with Gasteiger partial charge in [0.15, 0.2) is 11.7 Å². The van der Waals surface area contributed by atoms with Gasteiger partial charge in [-0.05, 0) is 18.6 Å². The number of benzene rings is 1. The van der Waals surface area contributed by atoms with Crippen molar-refractivity contribution in [1.82, 2.24) is 10.3 Å². The fourth-order valence-electron chi connectivity index (χ4n) is 2.12. The average molecular weight is 304 g/mol. The summed E-state index contributed by atoms with van der Waals surface area (Å²) in [5.41, 5.74) is 0.380. The van der Waals surface area contributed by atoms with Gasteiger partial charge in [0.25, 0.3) is 0 Å². The molecule has 2 rings (SSSR count). The Bertz CT molecular complexity index is 610. The number of unbranched alkanes of at least 4 members (excludes halogenated alkanes) is 2. The lowest BCUT2D eigenvalue weighted by Crippen LogP contribution is -2.24. The number of hydrogen-bond donors (Lipinski definition) is 1. The lowest BCUT2D eigenvalue weighted by Gasteiger charge is -2.03. The van der Waals surface area contributed by atoms with E-state index in [1.54, 1.807) is 18.2 Å². The number of oxazole rings is 1. The molecule has 2 aromatic rings. The van der Waals surface area contributed by atoms with Gasteiger partial charge in [-0.3, -0.25) is 4.79 Å². The molecule has 0 aliphatic heterocycles. The number of carbonyl (C=O) groups is 1. The Morgan fingerprint density at radius 3 is 2.91 bits per heavy atom. The normalized spacial score (nSPS) is 10.6. The molecule has 22 heavy (non-hydrogen) atoms. The van der Waals surface area contributed by atoms with Crippen LogP contribution in [0.1, 0.15) is 38.5 Å². The number of hydrogen-bond acceptors (Lipinski definition) is 3. The molecule has 0 bridgehead atoms. The maximum absolute atomic E-state index is 13.6. The van der Waals surface area contributed by atoms with E-state index in [-0.39, 0.29) is 11.7 Å². The number of nitrogens with one attached hydrogen (secondary N) is 1. The Balaban J connectivity index is 1.83. The molecule has 0 fully saturated rings. The lowest BCUT2D eigenvalue weighted by molar-refractivity contribution is -0.121. The van der Waals surface area contributed by atoms with Crippen LogP contribution >= 0.6 is 0 Å². The van der Waals surface area contributed by atoms with Crippen molar-refractivity contribution in [3.05, 3.63) is 42.2 Å². The fraction of sp³-hybridized carbons (Fsp3) is 0.412. The number of amides is 1. The van der Waals surface area contributed by atoms with Crippen LogP contribution in [-0.2, 0) is 11.2 Å². The first-order chi connectivity index (χ1) is 10.7. The summed E-state index contributed by atoms with van der Waals surface area (Å²) in [5, 5.41) is 2.87. The topological polar surface area (TPSA) is 55.1 Å². The van der Waals surface area contributed by atoms with E-state index >= 15 is 0 Å². The standard InChI is InChI=1S/C17H21FN2O2/c1-2-3-6-11-19-16(21)9-10-17-20-12-15(22-17)13-7-4-5-8-14(13)18/h4-5,7-8,12H,2-3,6,9-11H2,1H3,(H,19,21). The van der Waals surface area contributed by atoms with E-state index in [4.69, 9.17) is 4.42 Å². The van der Waals surface area contributed by atoms with Gasteiger partial charge in [-0.25, -0.2) is 9.37 Å². The van der Waals surface area contributed by atoms with Crippen LogP contribution in [0.3, 0.4) is 0 Å². The van der Waals surface area contributed by atoms with Gasteiger partial charge in [0.2, 0.25) is 5.91 Å². The highest BCUT2D eigenvalue weighted by Crippen LogP contribution is 2.23. The molecule has 0 atom stereocenters. The van der Waals surface area contributed by atoms with Gasteiger partial charge >= 0.3 is 0 Å². The molecule has 1 N–H and O–H groups in total. The van der Waals surface area contributed by atoms with E-state index in [0.29, 0.717) is 36.6 Å². The highest BCUT2D eigenvalue weighted by atomic mass is 19.1. The SMILES string of the molecule is CCCCCNC(=O)CCc1ncc(-c2ccccc2F)o1. The molecular weight excluding hydrogens is 283 g/mol. The largest absolute Gasteiger partial charge is 0.441 e. The lowest BCUT2D eigenvalue weighted by atomic mass is 10.2. The second-order valence-corrected chi connectivity index (χ2v) is 5.16. The summed E-state index contributed by atoms with van der Waals surface area (Å²) in [5.74, 6) is 0.471. The zero-order chi connectivity index (χ0) is 15.8. The number of aromatic nitrogens is 1. The first-order valence-electron chi connectivity index (χ1n) is 7.67. The van der Waals surface area contributed by atoms with E-state index in [1.807, 2.05) is 0 Å². The van der Waals surface area contributed by atoms with Crippen LogP contribution in [-0.4, -0.2) is 17.4 Å². The van der Waals surface area contributed by atoms with Crippen LogP contribution in [0.15, 0.2) is 34.9 Å². The van der Waals surface area contributed by atoms with Crippen molar-refractivity contribution in [2.24, 2.45) is 0 Å². The second-order valence-electron chi connectivity index (χ2n) is 5.16. The molecule has 118 valence electrons. The highest BCUT2D eigenvalue weighted by molar-refractivity contribution is 5.76. The summed E-state index contributed by atoms with van der Waals surface area (Å²) >= 11 is 0. The van der Waals surface area contributed by atoms with Crippen LogP contribution in [0, 0.1) is 5.82 Å². The molecular formula is C17H21FN2O2. The molecule has 0 saturated carbocycles. The van der Waals surface area contributed by atoms with E-state index < -0.39 is 0 Å². The van der Waals surface area contributed by atoms with Crippen molar-refractivity contribution in [3.8, 4) is 11.3 Å². The van der Waals surface area contributed by atoms with Gasteiger partial charge < -0.3 is 9.73 Å². The van der Waals surface area contributed by atoms with Crippen molar-refractivity contribution in [3.63, 3.8) is 0 Å². The first kappa shape index (κ1) is 16.2. The van der Waals surface area contributed by atoms with Crippen LogP contribution in [0.4, 0.5) is 4.39 Å². The third kappa shape index (κ3) is 4.69. The molecule has 0 radical (unpaired) electrons. The second kappa shape index (κ2) is 8.32. The molecule has 0 aliphatic carbocycles. The number of halogens is 1.